The molecule has 0 bridgehead atoms. The van der Waals surface area contributed by atoms with Crippen molar-refractivity contribution < 1.29 is 5.11 Å². The van der Waals surface area contributed by atoms with E-state index < -0.39 is 0 Å². The van der Waals surface area contributed by atoms with Crippen molar-refractivity contribution in [3.63, 3.8) is 0 Å². The molecule has 0 radical (unpaired) electrons. The van der Waals surface area contributed by atoms with E-state index in [9.17, 15) is 5.11 Å². The lowest BCUT2D eigenvalue weighted by atomic mass is 10.0. The number of nitrogens with zero attached hydrogens (tertiary/aromatic N) is 2. The summed E-state index contributed by atoms with van der Waals surface area (Å²) < 4.78 is 2.23. The van der Waals surface area contributed by atoms with Crippen molar-refractivity contribution in [1.29, 1.82) is 0 Å². The van der Waals surface area contributed by atoms with Gasteiger partial charge in [-0.25, -0.2) is 4.98 Å². The van der Waals surface area contributed by atoms with Gasteiger partial charge in [0.15, 0.2) is 5.13 Å². The van der Waals surface area contributed by atoms with Crippen LogP contribution in [0.1, 0.15) is 42.0 Å². The second-order valence-corrected chi connectivity index (χ2v) is 9.49. The number of hydrogen-bond donors (Lipinski definition) is 3. The second-order valence-electron chi connectivity index (χ2n) is 7.36. The maximum absolute atomic E-state index is 9.75. The van der Waals surface area contributed by atoms with Crippen LogP contribution in [0.15, 0.2) is 30.5 Å². The predicted octanol–water partition coefficient (Wildman–Crippen LogP) is 3.99. The monoisotopic (exact) mass is 404 g/mol. The van der Waals surface area contributed by atoms with Crippen LogP contribution >= 0.6 is 23.3 Å². The molecule has 1 aliphatic heterocycles. The lowest BCUT2D eigenvalue weighted by molar-refractivity contribution is 0.236. The third kappa shape index (κ3) is 5.40. The van der Waals surface area contributed by atoms with Crippen LogP contribution in [-0.4, -0.2) is 27.0 Å². The maximum atomic E-state index is 9.75. The number of nitrogens with two attached hydrogens (primary N) is 1. The van der Waals surface area contributed by atoms with Crippen molar-refractivity contribution in [3.8, 4) is 0 Å². The summed E-state index contributed by atoms with van der Waals surface area (Å²) in [5.74, 6) is 1.41. The fraction of sp³-hybridized carbons (Fsp3) is 0.450. The van der Waals surface area contributed by atoms with Crippen molar-refractivity contribution in [2.45, 2.75) is 45.5 Å². The van der Waals surface area contributed by atoms with E-state index in [4.69, 9.17) is 5.73 Å². The van der Waals surface area contributed by atoms with E-state index in [1.54, 1.807) is 11.9 Å². The lowest BCUT2D eigenvalue weighted by Gasteiger charge is -2.28. The van der Waals surface area contributed by atoms with Gasteiger partial charge in [-0.3, -0.25) is 0 Å². The molecule has 1 aromatic carbocycles. The molecule has 3 rings (SSSR count). The fourth-order valence-corrected chi connectivity index (χ4v) is 5.02. The molecule has 5 nitrogen and oxygen atoms in total. The Bertz CT molecular complexity index is 803. The summed E-state index contributed by atoms with van der Waals surface area (Å²) in [4.78, 5) is 5.67. The zero-order valence-electron chi connectivity index (χ0n) is 16.1. The van der Waals surface area contributed by atoms with Crippen LogP contribution in [0.4, 0.5) is 5.13 Å². The van der Waals surface area contributed by atoms with Crippen molar-refractivity contribution >= 4 is 34.1 Å². The van der Waals surface area contributed by atoms with Gasteiger partial charge in [0.25, 0.3) is 0 Å². The third-order valence-corrected chi connectivity index (χ3v) is 6.25. The number of hydrogen-bond acceptors (Lipinski definition) is 7. The minimum atomic E-state index is 0.00810. The maximum Gasteiger partial charge on any atom is 0.180 e. The van der Waals surface area contributed by atoms with Crippen molar-refractivity contribution in [3.05, 3.63) is 52.2 Å². The fourth-order valence-electron chi connectivity index (χ4n) is 3.20. The van der Waals surface area contributed by atoms with Gasteiger partial charge in [-0.05, 0) is 36.8 Å². The van der Waals surface area contributed by atoms with Crippen molar-refractivity contribution in [1.82, 2.24) is 14.6 Å². The van der Waals surface area contributed by atoms with E-state index in [-0.39, 0.29) is 12.6 Å². The number of aromatic nitrogens is 1. The predicted molar refractivity (Wildman–Crippen MR) is 116 cm³/mol. The molecule has 1 aromatic heterocycles. The van der Waals surface area contributed by atoms with Crippen LogP contribution in [0.25, 0.3) is 5.70 Å². The molecule has 0 aliphatic carbocycles. The van der Waals surface area contributed by atoms with Gasteiger partial charge in [0.1, 0.15) is 5.69 Å². The Kier molecular flexibility index (Phi) is 6.68. The molecule has 2 aromatic rings. The van der Waals surface area contributed by atoms with Crippen LogP contribution in [-0.2, 0) is 12.3 Å². The Morgan fingerprint density at radius 3 is 2.93 bits per heavy atom. The van der Waals surface area contributed by atoms with Gasteiger partial charge in [-0.2, -0.15) is 0 Å². The summed E-state index contributed by atoms with van der Waals surface area (Å²) in [5.41, 5.74) is 10.4. The first kappa shape index (κ1) is 20.0. The summed E-state index contributed by atoms with van der Waals surface area (Å²) in [7, 11) is 0. The Morgan fingerprint density at radius 1 is 1.41 bits per heavy atom. The third-order valence-electron chi connectivity index (χ3n) is 4.36. The number of rotatable bonds is 8. The first-order chi connectivity index (χ1) is 12.9. The summed E-state index contributed by atoms with van der Waals surface area (Å²) in [6.45, 7) is 7.33. The number of fused-ring (bicyclic) bond motifs is 1. The lowest BCUT2D eigenvalue weighted by Crippen LogP contribution is -2.34. The second kappa shape index (κ2) is 8.99. The highest BCUT2D eigenvalue weighted by Gasteiger charge is 2.24. The van der Waals surface area contributed by atoms with Gasteiger partial charge in [0.05, 0.1) is 23.7 Å². The topological polar surface area (TPSA) is 74.4 Å². The number of anilines is 1. The molecule has 2 heterocycles. The Labute approximate surface area is 169 Å². The van der Waals surface area contributed by atoms with Crippen LogP contribution in [0.2, 0.25) is 0 Å². The number of thiazole rings is 1. The highest BCUT2D eigenvalue weighted by atomic mass is 32.2. The van der Waals surface area contributed by atoms with E-state index in [1.165, 1.54) is 22.5 Å². The SMILES string of the molecule is Cc1cccc(CSN2C=C(N[C@@H](CO)CC(C)C)c3nc(N)sc3C2)c1. The number of aryl methyl sites for hydroxylation is 1. The molecule has 1 atom stereocenters. The Balaban J connectivity index is 1.75. The van der Waals surface area contributed by atoms with Crippen LogP contribution in [0, 0.1) is 12.8 Å². The van der Waals surface area contributed by atoms with Gasteiger partial charge in [0.2, 0.25) is 0 Å². The zero-order valence-corrected chi connectivity index (χ0v) is 17.7. The van der Waals surface area contributed by atoms with Crippen LogP contribution in [0.3, 0.4) is 0 Å². The molecule has 0 spiro atoms. The van der Waals surface area contributed by atoms with Gasteiger partial charge in [-0.1, -0.05) is 55.0 Å². The van der Waals surface area contributed by atoms with E-state index >= 15 is 0 Å². The molecular weight excluding hydrogens is 376 g/mol. The largest absolute Gasteiger partial charge is 0.394 e. The summed E-state index contributed by atoms with van der Waals surface area (Å²) in [5, 5.41) is 13.8. The molecule has 0 unspecified atom stereocenters. The van der Waals surface area contributed by atoms with Gasteiger partial charge < -0.3 is 20.5 Å². The highest BCUT2D eigenvalue weighted by molar-refractivity contribution is 7.96. The van der Waals surface area contributed by atoms with E-state index in [2.05, 4.69) is 65.8 Å². The van der Waals surface area contributed by atoms with E-state index in [1.807, 2.05) is 0 Å². The Morgan fingerprint density at radius 2 is 2.22 bits per heavy atom. The molecule has 1 aliphatic rings. The molecule has 0 saturated heterocycles. The number of aliphatic hydroxyl groups is 1. The normalized spacial score (nSPS) is 14.9. The number of nitrogens with one attached hydrogen (secondary N) is 1. The van der Waals surface area contributed by atoms with Gasteiger partial charge in [-0.15, -0.1) is 0 Å². The standard InChI is InChI=1S/C20H28N4OS2/c1-13(2)7-16(11-25)22-17-9-24(10-18-19(17)23-20(21)27-18)26-12-15-6-4-5-14(3)8-15/h4-6,8-9,13,16,22,25H,7,10-12H2,1-3H3,(H2,21,23)/t16-/m1/s1. The first-order valence-corrected chi connectivity index (χ1v) is 11.0. The molecule has 7 heteroatoms. The van der Waals surface area contributed by atoms with Crippen molar-refractivity contribution in [2.24, 2.45) is 5.92 Å². The summed E-state index contributed by atoms with van der Waals surface area (Å²) >= 11 is 3.32. The molecule has 146 valence electrons. The molecule has 0 amide bonds. The molecular formula is C20H28N4OS2. The minimum Gasteiger partial charge on any atom is -0.394 e. The van der Waals surface area contributed by atoms with Crippen LogP contribution in [0.5, 0.6) is 0 Å². The summed E-state index contributed by atoms with van der Waals surface area (Å²) in [6.07, 6.45) is 3.00. The average Bonchev–Trinajstić information content (AvgIpc) is 2.99. The van der Waals surface area contributed by atoms with Gasteiger partial charge in [0, 0.05) is 18.0 Å². The number of aliphatic hydroxyl groups excluding tert-OH is 1. The average molecular weight is 405 g/mol. The van der Waals surface area contributed by atoms with E-state index in [0.29, 0.717) is 11.0 Å². The molecule has 0 saturated carbocycles. The smallest absolute Gasteiger partial charge is 0.180 e. The summed E-state index contributed by atoms with van der Waals surface area (Å²) in [6, 6.07) is 8.61. The van der Waals surface area contributed by atoms with Crippen molar-refractivity contribution in [2.75, 3.05) is 12.3 Å². The molecule has 4 N–H and O–H groups in total. The first-order valence-electron chi connectivity index (χ1n) is 9.24. The highest BCUT2D eigenvalue weighted by Crippen LogP contribution is 2.35. The van der Waals surface area contributed by atoms with Gasteiger partial charge >= 0.3 is 0 Å². The quantitative estimate of drug-likeness (QED) is 0.578. The number of benzene rings is 1. The molecule has 0 fully saturated rings. The number of nitrogen functional groups attached to an aromatic ring is 1. The molecule has 27 heavy (non-hydrogen) atoms. The zero-order chi connectivity index (χ0) is 19.4. The Hall–Kier alpha value is -1.70. The minimum absolute atomic E-state index is 0.00810. The van der Waals surface area contributed by atoms with Crippen LogP contribution < -0.4 is 11.1 Å². The van der Waals surface area contributed by atoms with E-state index in [0.717, 1.165) is 35.0 Å².